The molecule has 6 nitrogen and oxygen atoms in total. The van der Waals surface area contributed by atoms with Gasteiger partial charge in [0.2, 0.25) is 0 Å². The second kappa shape index (κ2) is 10.2. The molecule has 1 heterocycles. The van der Waals surface area contributed by atoms with Gasteiger partial charge in [0.25, 0.3) is 5.91 Å². The largest absolute Gasteiger partial charge is 0.493 e. The highest BCUT2D eigenvalue weighted by Crippen LogP contribution is 2.31. The first kappa shape index (κ1) is 20.3. The topological polar surface area (TPSA) is 54.0 Å². The van der Waals surface area contributed by atoms with Gasteiger partial charge in [-0.25, -0.2) is 0 Å². The number of halogens is 1. The number of nitrogens with one attached hydrogen (secondary N) is 1. The highest BCUT2D eigenvalue weighted by Gasteiger charge is 2.16. The van der Waals surface area contributed by atoms with Gasteiger partial charge in [-0.1, -0.05) is 6.92 Å². The fourth-order valence-electron chi connectivity index (χ4n) is 2.96. The molecule has 0 unspecified atom stereocenters. The molecule has 1 saturated heterocycles. The number of piperazine rings is 1. The van der Waals surface area contributed by atoms with Crippen LogP contribution in [0.25, 0.3) is 0 Å². The predicted octanol–water partition coefficient (Wildman–Crippen LogP) is 2.07. The van der Waals surface area contributed by atoms with Crippen molar-refractivity contribution in [2.45, 2.75) is 13.3 Å². The van der Waals surface area contributed by atoms with Crippen molar-refractivity contribution in [1.82, 2.24) is 15.1 Å². The molecule has 0 bridgehead atoms. The molecule has 0 aliphatic carbocycles. The van der Waals surface area contributed by atoms with Crippen molar-refractivity contribution >= 4 is 28.5 Å². The van der Waals surface area contributed by atoms with Gasteiger partial charge >= 0.3 is 0 Å². The van der Waals surface area contributed by atoms with Gasteiger partial charge in [-0.2, -0.15) is 0 Å². The molecule has 1 aromatic carbocycles. The summed E-state index contributed by atoms with van der Waals surface area (Å²) in [7, 11) is 3.17. The third-order valence-electron chi connectivity index (χ3n) is 4.57. The van der Waals surface area contributed by atoms with E-state index in [0.29, 0.717) is 23.6 Å². The first-order chi connectivity index (χ1) is 12.1. The number of hydrogen-bond donors (Lipinski definition) is 1. The molecule has 0 spiro atoms. The zero-order valence-corrected chi connectivity index (χ0v) is 17.5. The van der Waals surface area contributed by atoms with Crippen LogP contribution in [0.4, 0.5) is 0 Å². The normalized spacial score (nSPS) is 15.8. The summed E-state index contributed by atoms with van der Waals surface area (Å²) in [4.78, 5) is 17.4. The van der Waals surface area contributed by atoms with Crippen LogP contribution in [0.1, 0.15) is 23.7 Å². The molecule has 2 rings (SSSR count). The van der Waals surface area contributed by atoms with E-state index in [4.69, 9.17) is 9.47 Å². The van der Waals surface area contributed by atoms with Crippen molar-refractivity contribution in [1.29, 1.82) is 0 Å². The van der Waals surface area contributed by atoms with E-state index in [1.165, 1.54) is 0 Å². The van der Waals surface area contributed by atoms with Gasteiger partial charge < -0.3 is 24.6 Å². The van der Waals surface area contributed by atoms with E-state index in [0.717, 1.165) is 49.3 Å². The van der Waals surface area contributed by atoms with E-state index in [1.807, 2.05) is 6.07 Å². The molecule has 1 N–H and O–H groups in total. The number of ether oxygens (including phenoxy) is 2. The zero-order valence-electron chi connectivity index (χ0n) is 15.3. The molecule has 0 radical (unpaired) electrons. The van der Waals surface area contributed by atoms with Crippen LogP contribution in [0.5, 0.6) is 11.5 Å². The molecule has 1 fully saturated rings. The summed E-state index contributed by atoms with van der Waals surface area (Å²) in [5.41, 5.74) is 0.620. The Balaban J connectivity index is 1.79. The summed E-state index contributed by atoms with van der Waals surface area (Å²) in [6, 6.07) is 3.56. The summed E-state index contributed by atoms with van der Waals surface area (Å²) in [5, 5.41) is 3.01. The molecule has 7 heteroatoms. The third-order valence-corrected chi connectivity index (χ3v) is 5.46. The second-order valence-corrected chi connectivity index (χ2v) is 7.23. The molecular formula is C18H28IN3O3. The van der Waals surface area contributed by atoms with E-state index < -0.39 is 0 Å². The molecule has 1 aliphatic heterocycles. The number of benzene rings is 1. The predicted molar refractivity (Wildman–Crippen MR) is 108 cm³/mol. The zero-order chi connectivity index (χ0) is 18.2. The molecular weight excluding hydrogens is 433 g/mol. The number of carbonyl (C=O) groups is 1. The molecule has 0 aromatic heterocycles. The minimum absolute atomic E-state index is 0.0684. The maximum atomic E-state index is 12.4. The van der Waals surface area contributed by atoms with E-state index in [-0.39, 0.29) is 5.91 Å². The maximum absolute atomic E-state index is 12.4. The Hall–Kier alpha value is -1.06. The third kappa shape index (κ3) is 5.72. The van der Waals surface area contributed by atoms with Crippen molar-refractivity contribution < 1.29 is 14.3 Å². The number of hydrogen-bond acceptors (Lipinski definition) is 5. The standard InChI is InChI=1S/C18H28IN3O3/c1-4-21-8-10-22(11-9-21)7-5-6-20-18(23)14-12-16(24-2)17(25-3)13-15(14)19/h12-13H,4-11H2,1-3H3,(H,20,23). The Labute approximate surface area is 164 Å². The van der Waals surface area contributed by atoms with Gasteiger partial charge in [-0.15, -0.1) is 0 Å². The number of carbonyl (C=O) groups excluding carboxylic acids is 1. The average molecular weight is 461 g/mol. The monoisotopic (exact) mass is 461 g/mol. The van der Waals surface area contributed by atoms with Crippen molar-refractivity contribution in [3.05, 3.63) is 21.3 Å². The van der Waals surface area contributed by atoms with Crippen LogP contribution in [0.3, 0.4) is 0 Å². The van der Waals surface area contributed by atoms with Gasteiger partial charge in [-0.3, -0.25) is 4.79 Å². The molecule has 1 amide bonds. The summed E-state index contributed by atoms with van der Waals surface area (Å²) in [5.74, 6) is 1.14. The first-order valence-electron chi connectivity index (χ1n) is 8.73. The molecule has 140 valence electrons. The quantitative estimate of drug-likeness (QED) is 0.475. The van der Waals surface area contributed by atoms with Crippen LogP contribution in [0.2, 0.25) is 0 Å². The van der Waals surface area contributed by atoms with Crippen molar-refractivity contribution in [2.24, 2.45) is 0 Å². The Morgan fingerprint density at radius 3 is 2.32 bits per heavy atom. The number of amides is 1. The summed E-state index contributed by atoms with van der Waals surface area (Å²) in [6.45, 7) is 9.58. The van der Waals surface area contributed by atoms with Gasteiger partial charge in [-0.05, 0) is 54.2 Å². The van der Waals surface area contributed by atoms with Crippen LogP contribution in [0, 0.1) is 3.57 Å². The molecule has 1 aromatic rings. The minimum Gasteiger partial charge on any atom is -0.493 e. The number of rotatable bonds is 8. The first-order valence-corrected chi connectivity index (χ1v) is 9.81. The second-order valence-electron chi connectivity index (χ2n) is 6.07. The molecule has 0 atom stereocenters. The SMILES string of the molecule is CCN1CCN(CCCNC(=O)c2cc(OC)c(OC)cc2I)CC1. The van der Waals surface area contributed by atoms with E-state index in [9.17, 15) is 4.79 Å². The van der Waals surface area contributed by atoms with Gasteiger partial charge in [0.15, 0.2) is 11.5 Å². The Bertz CT molecular complexity index is 575. The number of nitrogens with zero attached hydrogens (tertiary/aromatic N) is 2. The van der Waals surface area contributed by atoms with Gasteiger partial charge in [0.1, 0.15) is 0 Å². The van der Waals surface area contributed by atoms with E-state index >= 15 is 0 Å². The summed E-state index contributed by atoms with van der Waals surface area (Å²) >= 11 is 2.15. The van der Waals surface area contributed by atoms with Crippen molar-refractivity contribution in [2.75, 3.05) is 60.0 Å². The highest BCUT2D eigenvalue weighted by atomic mass is 127. The summed E-state index contributed by atoms with van der Waals surface area (Å²) in [6.07, 6.45) is 0.960. The van der Waals surface area contributed by atoms with Crippen LogP contribution in [0.15, 0.2) is 12.1 Å². The maximum Gasteiger partial charge on any atom is 0.252 e. The number of likely N-dealkylation sites (N-methyl/N-ethyl adjacent to an activating group) is 1. The van der Waals surface area contributed by atoms with Gasteiger partial charge in [0.05, 0.1) is 19.8 Å². The lowest BCUT2D eigenvalue weighted by atomic mass is 10.2. The fourth-order valence-corrected chi connectivity index (χ4v) is 3.64. The van der Waals surface area contributed by atoms with Crippen molar-refractivity contribution in [3.63, 3.8) is 0 Å². The smallest absolute Gasteiger partial charge is 0.252 e. The van der Waals surface area contributed by atoms with E-state index in [1.54, 1.807) is 20.3 Å². The number of methoxy groups -OCH3 is 2. The van der Waals surface area contributed by atoms with Crippen LogP contribution >= 0.6 is 22.6 Å². The Kier molecular flexibility index (Phi) is 8.25. The molecule has 0 saturated carbocycles. The molecule has 25 heavy (non-hydrogen) atoms. The Morgan fingerprint density at radius 1 is 1.12 bits per heavy atom. The highest BCUT2D eigenvalue weighted by molar-refractivity contribution is 14.1. The van der Waals surface area contributed by atoms with Crippen LogP contribution < -0.4 is 14.8 Å². The van der Waals surface area contributed by atoms with Crippen LogP contribution in [-0.4, -0.2) is 75.7 Å². The lowest BCUT2D eigenvalue weighted by Gasteiger charge is -2.33. The molecule has 1 aliphatic rings. The van der Waals surface area contributed by atoms with E-state index in [2.05, 4.69) is 44.6 Å². The lowest BCUT2D eigenvalue weighted by molar-refractivity contribution is 0.0947. The van der Waals surface area contributed by atoms with Crippen molar-refractivity contribution in [3.8, 4) is 11.5 Å². The Morgan fingerprint density at radius 2 is 1.72 bits per heavy atom. The van der Waals surface area contributed by atoms with Crippen LogP contribution in [-0.2, 0) is 0 Å². The average Bonchev–Trinajstić information content (AvgIpc) is 2.65. The summed E-state index contributed by atoms with van der Waals surface area (Å²) < 4.78 is 11.4. The lowest BCUT2D eigenvalue weighted by Crippen LogP contribution is -2.46. The minimum atomic E-state index is -0.0684. The van der Waals surface area contributed by atoms with Gasteiger partial charge in [0, 0.05) is 36.3 Å². The fraction of sp³-hybridized carbons (Fsp3) is 0.611.